The molecule has 156 valence electrons. The summed E-state index contributed by atoms with van der Waals surface area (Å²) in [4.78, 5) is 8.68. The van der Waals surface area contributed by atoms with Crippen LogP contribution in [0.1, 0.15) is 0 Å². The number of hydrogen-bond acceptors (Lipinski definition) is 1. The van der Waals surface area contributed by atoms with E-state index in [1.165, 1.54) is 27.6 Å². The van der Waals surface area contributed by atoms with Crippen molar-refractivity contribution >= 4 is 10.8 Å². The monoisotopic (exact) mass is 422 g/mol. The number of fused-ring (bicyclic) bond motifs is 1. The Hall–Kier alpha value is -4.43. The van der Waals surface area contributed by atoms with Crippen LogP contribution in [0.3, 0.4) is 0 Å². The lowest BCUT2D eigenvalue weighted by molar-refractivity contribution is 1.30. The van der Waals surface area contributed by atoms with Crippen molar-refractivity contribution in [3.05, 3.63) is 128 Å². The van der Waals surface area contributed by atoms with Crippen molar-refractivity contribution in [1.29, 1.82) is 0 Å². The largest absolute Gasteiger partial charge is 0.352 e. The number of H-pyrrole nitrogens is 1. The Bertz CT molecular complexity index is 1530. The summed E-state index contributed by atoms with van der Waals surface area (Å²) in [6.07, 6.45) is 1.90. The van der Waals surface area contributed by atoms with E-state index in [4.69, 9.17) is 4.98 Å². The highest BCUT2D eigenvalue weighted by Gasteiger charge is 2.23. The van der Waals surface area contributed by atoms with E-state index in [1.807, 2.05) is 6.20 Å². The highest BCUT2D eigenvalue weighted by Crippen LogP contribution is 2.46. The number of nitrogens with zero attached hydrogens (tertiary/aromatic N) is 1. The van der Waals surface area contributed by atoms with E-state index in [0.717, 1.165) is 28.0 Å². The van der Waals surface area contributed by atoms with E-state index in [2.05, 4.69) is 126 Å². The van der Waals surface area contributed by atoms with Crippen molar-refractivity contribution < 1.29 is 0 Å². The number of hydrogen-bond donors (Lipinski definition) is 1. The van der Waals surface area contributed by atoms with Gasteiger partial charge in [0, 0.05) is 22.7 Å². The van der Waals surface area contributed by atoms with Gasteiger partial charge in [0.15, 0.2) is 0 Å². The van der Waals surface area contributed by atoms with Gasteiger partial charge < -0.3 is 4.98 Å². The molecule has 4 aromatic carbocycles. The van der Waals surface area contributed by atoms with E-state index in [1.54, 1.807) is 0 Å². The number of aromatic amines is 1. The van der Waals surface area contributed by atoms with Crippen LogP contribution in [0.25, 0.3) is 55.7 Å². The van der Waals surface area contributed by atoms with Gasteiger partial charge in [-0.2, -0.15) is 0 Å². The van der Waals surface area contributed by atoms with Gasteiger partial charge in [-0.3, -0.25) is 4.98 Å². The molecule has 2 nitrogen and oxygen atoms in total. The molecule has 1 N–H and O–H groups in total. The average Bonchev–Trinajstić information content (AvgIpc) is 3.30. The second kappa shape index (κ2) is 8.25. The Morgan fingerprint density at radius 2 is 0.970 bits per heavy atom. The van der Waals surface area contributed by atoms with Gasteiger partial charge in [-0.25, -0.2) is 0 Å². The number of rotatable bonds is 4. The third-order valence-electron chi connectivity index (χ3n) is 6.10. The molecule has 6 rings (SSSR count). The zero-order valence-electron chi connectivity index (χ0n) is 18.1. The third-order valence-corrected chi connectivity index (χ3v) is 6.10. The van der Waals surface area contributed by atoms with E-state index in [-0.39, 0.29) is 0 Å². The van der Waals surface area contributed by atoms with Gasteiger partial charge >= 0.3 is 0 Å². The van der Waals surface area contributed by atoms with E-state index in [9.17, 15) is 0 Å². The van der Waals surface area contributed by atoms with Crippen LogP contribution in [0.5, 0.6) is 0 Å². The van der Waals surface area contributed by atoms with Crippen LogP contribution in [0.2, 0.25) is 0 Å². The molecule has 0 fully saturated rings. The lowest BCUT2D eigenvalue weighted by Crippen LogP contribution is -1.89. The molecule has 33 heavy (non-hydrogen) atoms. The molecule has 2 heterocycles. The van der Waals surface area contributed by atoms with Crippen LogP contribution in [0.4, 0.5) is 0 Å². The molecular weight excluding hydrogens is 400 g/mol. The van der Waals surface area contributed by atoms with Gasteiger partial charge in [-0.15, -0.1) is 0 Å². The summed E-state index contributed by atoms with van der Waals surface area (Å²) in [5.74, 6) is 0. The molecule has 0 radical (unpaired) electrons. The van der Waals surface area contributed by atoms with Crippen LogP contribution < -0.4 is 0 Å². The summed E-state index contributed by atoms with van der Waals surface area (Å²) in [6, 6.07) is 42.3. The van der Waals surface area contributed by atoms with Crippen molar-refractivity contribution in [2.45, 2.75) is 0 Å². The van der Waals surface area contributed by atoms with Crippen molar-refractivity contribution in [3.8, 4) is 44.9 Å². The van der Waals surface area contributed by atoms with Crippen LogP contribution in [-0.2, 0) is 0 Å². The first-order valence-corrected chi connectivity index (χ1v) is 11.2. The molecule has 0 bridgehead atoms. The van der Waals surface area contributed by atoms with Crippen molar-refractivity contribution in [2.24, 2.45) is 0 Å². The molecule has 6 aromatic rings. The maximum Gasteiger partial charge on any atom is 0.0949 e. The number of benzene rings is 4. The summed E-state index contributed by atoms with van der Waals surface area (Å²) in [5, 5.41) is 2.32. The summed E-state index contributed by atoms with van der Waals surface area (Å²) in [6.45, 7) is 0. The molecule has 0 amide bonds. The molecule has 0 aliphatic heterocycles. The van der Waals surface area contributed by atoms with Gasteiger partial charge in [-0.05, 0) is 28.1 Å². The molecule has 0 saturated heterocycles. The Morgan fingerprint density at radius 1 is 0.455 bits per heavy atom. The number of aromatic nitrogens is 2. The maximum absolute atomic E-state index is 4.87. The van der Waals surface area contributed by atoms with Crippen LogP contribution in [0, 0.1) is 0 Å². The fourth-order valence-corrected chi connectivity index (χ4v) is 4.60. The van der Waals surface area contributed by atoms with Gasteiger partial charge in [-0.1, -0.05) is 115 Å². The van der Waals surface area contributed by atoms with Crippen LogP contribution in [-0.4, -0.2) is 9.97 Å². The normalized spacial score (nSPS) is 11.0. The van der Waals surface area contributed by atoms with Crippen LogP contribution in [0.15, 0.2) is 128 Å². The summed E-state index contributed by atoms with van der Waals surface area (Å²) >= 11 is 0. The first-order chi connectivity index (χ1) is 16.4. The number of pyridine rings is 1. The minimum absolute atomic E-state index is 0.964. The standard InChI is InChI=1S/C31H22N2/c1-4-13-23(14-5-1)27-28(24-15-6-2-7-16-24)31(33-29(27)25-17-8-3-9-18-25)30-26-19-11-10-12-22(26)20-21-32-30/h1-21,33H. The first kappa shape index (κ1) is 19.3. The van der Waals surface area contributed by atoms with Gasteiger partial charge in [0.05, 0.1) is 17.1 Å². The molecule has 2 aromatic heterocycles. The minimum Gasteiger partial charge on any atom is -0.352 e. The molecule has 0 aliphatic carbocycles. The Kier molecular flexibility index (Phi) is 4.82. The van der Waals surface area contributed by atoms with Crippen molar-refractivity contribution in [1.82, 2.24) is 9.97 Å². The van der Waals surface area contributed by atoms with Crippen LogP contribution >= 0.6 is 0 Å². The van der Waals surface area contributed by atoms with Crippen molar-refractivity contribution in [2.75, 3.05) is 0 Å². The maximum atomic E-state index is 4.87. The zero-order valence-corrected chi connectivity index (χ0v) is 18.1. The smallest absolute Gasteiger partial charge is 0.0949 e. The Morgan fingerprint density at radius 3 is 1.61 bits per heavy atom. The summed E-state index contributed by atoms with van der Waals surface area (Å²) in [5.41, 5.74) is 8.96. The first-order valence-electron chi connectivity index (χ1n) is 11.2. The molecular formula is C31H22N2. The quantitative estimate of drug-likeness (QED) is 0.304. The average molecular weight is 423 g/mol. The lowest BCUT2D eigenvalue weighted by atomic mass is 9.92. The second-order valence-corrected chi connectivity index (χ2v) is 8.10. The highest BCUT2D eigenvalue weighted by atomic mass is 14.8. The second-order valence-electron chi connectivity index (χ2n) is 8.10. The van der Waals surface area contributed by atoms with E-state index < -0.39 is 0 Å². The molecule has 2 heteroatoms. The molecule has 0 aliphatic rings. The number of nitrogens with one attached hydrogen (secondary N) is 1. The van der Waals surface area contributed by atoms with E-state index in [0.29, 0.717) is 0 Å². The predicted octanol–water partition coefficient (Wildman–Crippen LogP) is 8.23. The van der Waals surface area contributed by atoms with Crippen molar-refractivity contribution in [3.63, 3.8) is 0 Å². The topological polar surface area (TPSA) is 28.7 Å². The third kappa shape index (κ3) is 3.42. The molecule has 0 saturated carbocycles. The highest BCUT2D eigenvalue weighted by molar-refractivity contribution is 6.05. The van der Waals surface area contributed by atoms with Gasteiger partial charge in [0.1, 0.15) is 0 Å². The SMILES string of the molecule is c1ccc(-c2[nH]c(-c3nccc4ccccc34)c(-c3ccccc3)c2-c2ccccc2)cc1. The van der Waals surface area contributed by atoms with E-state index >= 15 is 0 Å². The Labute approximate surface area is 193 Å². The predicted molar refractivity (Wildman–Crippen MR) is 138 cm³/mol. The molecule has 0 unspecified atom stereocenters. The lowest BCUT2D eigenvalue weighted by Gasteiger charge is -2.11. The molecule has 0 atom stereocenters. The van der Waals surface area contributed by atoms with Gasteiger partial charge in [0.2, 0.25) is 0 Å². The fraction of sp³-hybridized carbons (Fsp3) is 0. The Balaban J connectivity index is 1.76. The van der Waals surface area contributed by atoms with Gasteiger partial charge in [0.25, 0.3) is 0 Å². The fourth-order valence-electron chi connectivity index (χ4n) is 4.60. The minimum atomic E-state index is 0.964. The summed E-state index contributed by atoms with van der Waals surface area (Å²) in [7, 11) is 0. The zero-order chi connectivity index (χ0) is 22.0. The molecule has 0 spiro atoms. The summed E-state index contributed by atoms with van der Waals surface area (Å²) < 4.78 is 0.